The SMILES string of the molecule is CN(C)c1cccc(OCCNN)c1. The minimum absolute atomic E-state index is 0.577. The molecule has 0 atom stereocenters. The average Bonchev–Trinajstić information content (AvgIpc) is 2.19. The fourth-order valence-electron chi connectivity index (χ4n) is 1.08. The maximum atomic E-state index is 5.47. The van der Waals surface area contributed by atoms with Crippen LogP contribution in [0.1, 0.15) is 0 Å². The van der Waals surface area contributed by atoms with Crippen molar-refractivity contribution >= 4 is 5.69 Å². The Bertz CT molecular complexity index is 276. The number of nitrogens with one attached hydrogen (secondary N) is 1. The van der Waals surface area contributed by atoms with Crippen LogP contribution in [0.15, 0.2) is 24.3 Å². The maximum absolute atomic E-state index is 5.47. The summed E-state index contributed by atoms with van der Waals surface area (Å²) in [4.78, 5) is 2.04. The summed E-state index contributed by atoms with van der Waals surface area (Å²) in [5, 5.41) is 0. The summed E-state index contributed by atoms with van der Waals surface area (Å²) in [6, 6.07) is 7.94. The van der Waals surface area contributed by atoms with E-state index in [0.29, 0.717) is 13.2 Å². The molecular formula is C10H17N3O. The first-order chi connectivity index (χ1) is 6.74. The molecule has 4 heteroatoms. The van der Waals surface area contributed by atoms with E-state index in [1.54, 1.807) is 0 Å². The number of anilines is 1. The molecule has 0 aliphatic rings. The van der Waals surface area contributed by atoms with E-state index in [-0.39, 0.29) is 0 Å². The zero-order valence-corrected chi connectivity index (χ0v) is 8.66. The lowest BCUT2D eigenvalue weighted by molar-refractivity contribution is 0.315. The molecule has 1 aromatic rings. The van der Waals surface area contributed by atoms with Crippen LogP contribution < -0.4 is 20.9 Å². The minimum Gasteiger partial charge on any atom is -0.492 e. The molecule has 0 aliphatic heterocycles. The van der Waals surface area contributed by atoms with Gasteiger partial charge in [0, 0.05) is 32.4 Å². The van der Waals surface area contributed by atoms with Gasteiger partial charge in [0.15, 0.2) is 0 Å². The first-order valence-corrected chi connectivity index (χ1v) is 4.57. The van der Waals surface area contributed by atoms with Crippen LogP contribution in [0.3, 0.4) is 0 Å². The molecule has 1 rings (SSSR count). The highest BCUT2D eigenvalue weighted by Crippen LogP contribution is 2.18. The molecule has 0 saturated carbocycles. The molecule has 0 spiro atoms. The molecule has 0 aromatic heterocycles. The lowest BCUT2D eigenvalue weighted by atomic mass is 10.3. The third kappa shape index (κ3) is 3.24. The molecule has 0 amide bonds. The van der Waals surface area contributed by atoms with Crippen molar-refractivity contribution < 1.29 is 4.74 Å². The molecule has 14 heavy (non-hydrogen) atoms. The van der Waals surface area contributed by atoms with Crippen LogP contribution in [0, 0.1) is 0 Å². The van der Waals surface area contributed by atoms with Gasteiger partial charge in [0.05, 0.1) is 0 Å². The fraction of sp³-hybridized carbons (Fsp3) is 0.400. The summed E-state index contributed by atoms with van der Waals surface area (Å²) in [6.07, 6.45) is 0. The van der Waals surface area contributed by atoms with Crippen LogP contribution in [-0.4, -0.2) is 27.2 Å². The van der Waals surface area contributed by atoms with Crippen LogP contribution in [0.25, 0.3) is 0 Å². The monoisotopic (exact) mass is 195 g/mol. The first-order valence-electron chi connectivity index (χ1n) is 4.57. The summed E-state index contributed by atoms with van der Waals surface area (Å²) in [5.41, 5.74) is 3.67. The Morgan fingerprint density at radius 2 is 2.21 bits per heavy atom. The molecule has 0 bridgehead atoms. The third-order valence-corrected chi connectivity index (χ3v) is 1.85. The van der Waals surface area contributed by atoms with E-state index in [4.69, 9.17) is 10.6 Å². The van der Waals surface area contributed by atoms with Crippen molar-refractivity contribution in [1.82, 2.24) is 5.43 Å². The van der Waals surface area contributed by atoms with Gasteiger partial charge in [-0.25, -0.2) is 0 Å². The molecule has 4 nitrogen and oxygen atoms in total. The summed E-state index contributed by atoms with van der Waals surface area (Å²) < 4.78 is 5.47. The highest BCUT2D eigenvalue weighted by molar-refractivity contribution is 5.49. The summed E-state index contributed by atoms with van der Waals surface area (Å²) in [6.45, 7) is 1.22. The van der Waals surface area contributed by atoms with Crippen molar-refractivity contribution in [3.05, 3.63) is 24.3 Å². The van der Waals surface area contributed by atoms with E-state index >= 15 is 0 Å². The minimum atomic E-state index is 0.577. The Labute approximate surface area is 84.6 Å². The number of benzene rings is 1. The molecule has 0 saturated heterocycles. The first kappa shape index (κ1) is 10.8. The molecule has 0 fully saturated rings. The molecule has 1 aromatic carbocycles. The van der Waals surface area contributed by atoms with Crippen LogP contribution in [0.4, 0.5) is 5.69 Å². The second kappa shape index (κ2) is 5.47. The van der Waals surface area contributed by atoms with Gasteiger partial charge < -0.3 is 9.64 Å². The Balaban J connectivity index is 2.55. The second-order valence-corrected chi connectivity index (χ2v) is 3.19. The second-order valence-electron chi connectivity index (χ2n) is 3.19. The molecule has 3 N–H and O–H groups in total. The Hall–Kier alpha value is -1.26. The molecular weight excluding hydrogens is 178 g/mol. The largest absolute Gasteiger partial charge is 0.492 e. The molecule has 78 valence electrons. The van der Waals surface area contributed by atoms with E-state index in [1.165, 1.54) is 0 Å². The number of ether oxygens (including phenoxy) is 1. The van der Waals surface area contributed by atoms with Crippen molar-refractivity contribution in [3.8, 4) is 5.75 Å². The summed E-state index contributed by atoms with van der Waals surface area (Å²) >= 11 is 0. The van der Waals surface area contributed by atoms with E-state index in [9.17, 15) is 0 Å². The van der Waals surface area contributed by atoms with Crippen molar-refractivity contribution in [3.63, 3.8) is 0 Å². The van der Waals surface area contributed by atoms with E-state index in [2.05, 4.69) is 5.43 Å². The van der Waals surface area contributed by atoms with E-state index in [1.807, 2.05) is 43.3 Å². The zero-order chi connectivity index (χ0) is 10.4. The predicted octanol–water partition coefficient (Wildman–Crippen LogP) is 0.595. The number of rotatable bonds is 5. The summed E-state index contributed by atoms with van der Waals surface area (Å²) in [5.74, 6) is 6.00. The Morgan fingerprint density at radius 1 is 1.43 bits per heavy atom. The third-order valence-electron chi connectivity index (χ3n) is 1.85. The van der Waals surface area contributed by atoms with Gasteiger partial charge in [-0.1, -0.05) is 6.07 Å². The van der Waals surface area contributed by atoms with E-state index in [0.717, 1.165) is 11.4 Å². The number of nitrogens with two attached hydrogens (primary N) is 1. The smallest absolute Gasteiger partial charge is 0.121 e. The van der Waals surface area contributed by atoms with Crippen molar-refractivity contribution in [2.24, 2.45) is 5.84 Å². The number of hydrogen-bond acceptors (Lipinski definition) is 4. The summed E-state index contributed by atoms with van der Waals surface area (Å²) in [7, 11) is 4.00. The standard InChI is InChI=1S/C10H17N3O/c1-13(2)9-4-3-5-10(8-9)14-7-6-12-11/h3-5,8,12H,6-7,11H2,1-2H3. The van der Waals surface area contributed by atoms with Crippen LogP contribution in [0.5, 0.6) is 5.75 Å². The van der Waals surface area contributed by atoms with Gasteiger partial charge in [-0.2, -0.15) is 0 Å². The Kier molecular flexibility index (Phi) is 4.22. The topological polar surface area (TPSA) is 50.5 Å². The lowest BCUT2D eigenvalue weighted by Crippen LogP contribution is -2.27. The van der Waals surface area contributed by atoms with Crippen LogP contribution >= 0.6 is 0 Å². The van der Waals surface area contributed by atoms with Gasteiger partial charge >= 0.3 is 0 Å². The molecule has 0 heterocycles. The quantitative estimate of drug-likeness (QED) is 0.410. The molecule has 0 aliphatic carbocycles. The number of hydrogen-bond donors (Lipinski definition) is 2. The Morgan fingerprint density at radius 3 is 2.86 bits per heavy atom. The molecule has 0 unspecified atom stereocenters. The van der Waals surface area contributed by atoms with Crippen molar-refractivity contribution in [2.45, 2.75) is 0 Å². The number of nitrogens with zero attached hydrogens (tertiary/aromatic N) is 1. The average molecular weight is 195 g/mol. The number of hydrazine groups is 1. The molecule has 0 radical (unpaired) electrons. The highest BCUT2D eigenvalue weighted by Gasteiger charge is 1.97. The van der Waals surface area contributed by atoms with Gasteiger partial charge in [-0.15, -0.1) is 0 Å². The van der Waals surface area contributed by atoms with Crippen molar-refractivity contribution in [2.75, 3.05) is 32.1 Å². The maximum Gasteiger partial charge on any atom is 0.121 e. The normalized spacial score (nSPS) is 9.93. The van der Waals surface area contributed by atoms with Crippen LogP contribution in [0.2, 0.25) is 0 Å². The van der Waals surface area contributed by atoms with Crippen molar-refractivity contribution in [1.29, 1.82) is 0 Å². The van der Waals surface area contributed by atoms with Gasteiger partial charge in [-0.3, -0.25) is 11.3 Å². The van der Waals surface area contributed by atoms with Gasteiger partial charge in [0.25, 0.3) is 0 Å². The van der Waals surface area contributed by atoms with Crippen LogP contribution in [-0.2, 0) is 0 Å². The predicted molar refractivity (Wildman–Crippen MR) is 58.5 cm³/mol. The van der Waals surface area contributed by atoms with Gasteiger partial charge in [0.1, 0.15) is 12.4 Å². The zero-order valence-electron chi connectivity index (χ0n) is 8.66. The van der Waals surface area contributed by atoms with E-state index < -0.39 is 0 Å². The lowest BCUT2D eigenvalue weighted by Gasteiger charge is -2.13. The highest BCUT2D eigenvalue weighted by atomic mass is 16.5. The fourth-order valence-corrected chi connectivity index (χ4v) is 1.08. The van der Waals surface area contributed by atoms with Gasteiger partial charge in [-0.05, 0) is 12.1 Å². The van der Waals surface area contributed by atoms with Gasteiger partial charge in [0.2, 0.25) is 0 Å².